The first kappa shape index (κ1) is 7.14. The van der Waals surface area contributed by atoms with Gasteiger partial charge in [0.15, 0.2) is 0 Å². The van der Waals surface area contributed by atoms with Crippen LogP contribution in [0.4, 0.5) is 0 Å². The molecular formula is C9H15NO. The highest BCUT2D eigenvalue weighted by atomic mass is 16.2. The second-order valence-corrected chi connectivity index (χ2v) is 4.48. The summed E-state index contributed by atoms with van der Waals surface area (Å²) in [4.78, 5) is 13.2. The van der Waals surface area contributed by atoms with Crippen molar-refractivity contribution in [1.82, 2.24) is 4.90 Å². The topological polar surface area (TPSA) is 20.3 Å². The molecule has 11 heavy (non-hydrogen) atoms. The standard InChI is InChI=1S/C9H15NO/c1-9(2)6-4-7(9)10(3)8(11)5-6/h6-7H,4-5H2,1-3H3. The second kappa shape index (κ2) is 1.79. The van der Waals surface area contributed by atoms with Gasteiger partial charge in [0.1, 0.15) is 0 Å². The van der Waals surface area contributed by atoms with Gasteiger partial charge in [-0.3, -0.25) is 4.79 Å². The van der Waals surface area contributed by atoms with Gasteiger partial charge < -0.3 is 4.90 Å². The van der Waals surface area contributed by atoms with Crippen LogP contribution >= 0.6 is 0 Å². The number of carbonyl (C=O) groups is 1. The van der Waals surface area contributed by atoms with Crippen molar-refractivity contribution in [3.63, 3.8) is 0 Å². The highest BCUT2D eigenvalue weighted by Crippen LogP contribution is 2.53. The molecule has 0 N–H and O–H groups in total. The lowest BCUT2D eigenvalue weighted by Gasteiger charge is -2.59. The third-order valence-electron chi connectivity index (χ3n) is 3.70. The van der Waals surface area contributed by atoms with Crippen molar-refractivity contribution in [2.45, 2.75) is 32.7 Å². The molecule has 0 aromatic rings. The van der Waals surface area contributed by atoms with Crippen LogP contribution in [-0.2, 0) is 4.79 Å². The van der Waals surface area contributed by atoms with Gasteiger partial charge in [-0.25, -0.2) is 0 Å². The Hall–Kier alpha value is -0.530. The Morgan fingerprint density at radius 3 is 2.55 bits per heavy atom. The molecule has 62 valence electrons. The fourth-order valence-corrected chi connectivity index (χ4v) is 2.52. The van der Waals surface area contributed by atoms with Crippen LogP contribution in [-0.4, -0.2) is 23.9 Å². The second-order valence-electron chi connectivity index (χ2n) is 4.48. The number of carbonyl (C=O) groups excluding carboxylic acids is 1. The maximum atomic E-state index is 11.2. The van der Waals surface area contributed by atoms with Crippen LogP contribution in [0, 0.1) is 11.3 Å². The molecule has 1 amide bonds. The molecule has 0 spiro atoms. The third kappa shape index (κ3) is 0.700. The summed E-state index contributed by atoms with van der Waals surface area (Å²) in [6, 6.07) is 0.522. The summed E-state index contributed by atoms with van der Waals surface area (Å²) in [7, 11) is 1.93. The molecule has 2 heteroatoms. The molecule has 0 aromatic carbocycles. The number of hydrogen-bond donors (Lipinski definition) is 0. The third-order valence-corrected chi connectivity index (χ3v) is 3.70. The normalized spacial score (nSPS) is 40.3. The summed E-state index contributed by atoms with van der Waals surface area (Å²) in [6.45, 7) is 4.55. The predicted molar refractivity (Wildman–Crippen MR) is 43.1 cm³/mol. The van der Waals surface area contributed by atoms with Gasteiger partial charge >= 0.3 is 0 Å². The Balaban J connectivity index is 2.23. The fourth-order valence-electron chi connectivity index (χ4n) is 2.52. The van der Waals surface area contributed by atoms with Crippen LogP contribution in [0.1, 0.15) is 26.7 Å². The molecule has 2 aliphatic heterocycles. The lowest BCUT2D eigenvalue weighted by atomic mass is 9.54. The van der Waals surface area contributed by atoms with Gasteiger partial charge in [0, 0.05) is 19.5 Å². The largest absolute Gasteiger partial charge is 0.342 e. The first-order valence-corrected chi connectivity index (χ1v) is 4.29. The quantitative estimate of drug-likeness (QED) is 0.513. The van der Waals surface area contributed by atoms with E-state index in [0.29, 0.717) is 23.3 Å². The molecule has 1 aliphatic carbocycles. The Morgan fingerprint density at radius 2 is 2.18 bits per heavy atom. The number of fused-ring (bicyclic) bond motifs is 2. The van der Waals surface area contributed by atoms with E-state index < -0.39 is 0 Å². The predicted octanol–water partition coefficient (Wildman–Crippen LogP) is 1.26. The van der Waals surface area contributed by atoms with Crippen molar-refractivity contribution in [2.24, 2.45) is 11.3 Å². The molecule has 1 saturated carbocycles. The SMILES string of the molecule is CN1C(=O)CC2CC1C2(C)C. The van der Waals surface area contributed by atoms with Gasteiger partial charge in [0.25, 0.3) is 0 Å². The van der Waals surface area contributed by atoms with Crippen LogP contribution in [0.3, 0.4) is 0 Å². The lowest BCUT2D eigenvalue weighted by molar-refractivity contribution is -0.163. The fraction of sp³-hybridized carbons (Fsp3) is 0.889. The molecule has 2 atom stereocenters. The average Bonchev–Trinajstić information content (AvgIpc) is 1.93. The number of hydrogen-bond acceptors (Lipinski definition) is 1. The van der Waals surface area contributed by atoms with E-state index in [1.807, 2.05) is 11.9 Å². The minimum Gasteiger partial charge on any atom is -0.342 e. The van der Waals surface area contributed by atoms with Crippen molar-refractivity contribution < 1.29 is 4.79 Å². The van der Waals surface area contributed by atoms with Gasteiger partial charge in [0.2, 0.25) is 5.91 Å². The number of piperidine rings is 2. The minimum absolute atomic E-state index is 0.338. The zero-order valence-corrected chi connectivity index (χ0v) is 7.42. The Kier molecular flexibility index (Phi) is 1.16. The number of amides is 1. The molecule has 2 heterocycles. The monoisotopic (exact) mass is 153 g/mol. The summed E-state index contributed by atoms with van der Waals surface area (Å²) in [5, 5.41) is 0. The summed E-state index contributed by atoms with van der Waals surface area (Å²) in [5.74, 6) is 1.00. The molecule has 3 fully saturated rings. The molecule has 3 aliphatic rings. The van der Waals surface area contributed by atoms with Gasteiger partial charge in [0.05, 0.1) is 0 Å². The van der Waals surface area contributed by atoms with Crippen molar-refractivity contribution in [3.05, 3.63) is 0 Å². The van der Waals surface area contributed by atoms with Gasteiger partial charge in [-0.05, 0) is 17.8 Å². The zero-order valence-electron chi connectivity index (χ0n) is 7.42. The van der Waals surface area contributed by atoms with Gasteiger partial charge in [-0.15, -0.1) is 0 Å². The smallest absolute Gasteiger partial charge is 0.222 e. The van der Waals surface area contributed by atoms with Crippen molar-refractivity contribution in [3.8, 4) is 0 Å². The van der Waals surface area contributed by atoms with Gasteiger partial charge in [-0.1, -0.05) is 13.8 Å². The Morgan fingerprint density at radius 1 is 1.55 bits per heavy atom. The maximum absolute atomic E-state index is 11.2. The maximum Gasteiger partial charge on any atom is 0.222 e. The first-order valence-electron chi connectivity index (χ1n) is 4.29. The van der Waals surface area contributed by atoms with Crippen molar-refractivity contribution in [1.29, 1.82) is 0 Å². The minimum atomic E-state index is 0.338. The van der Waals surface area contributed by atoms with E-state index in [1.54, 1.807) is 0 Å². The van der Waals surface area contributed by atoms with E-state index >= 15 is 0 Å². The molecule has 3 rings (SSSR count). The van der Waals surface area contributed by atoms with E-state index in [1.165, 1.54) is 6.42 Å². The summed E-state index contributed by atoms with van der Waals surface area (Å²) < 4.78 is 0. The van der Waals surface area contributed by atoms with Crippen LogP contribution in [0.5, 0.6) is 0 Å². The van der Waals surface area contributed by atoms with Crippen LogP contribution in [0.25, 0.3) is 0 Å². The Bertz CT molecular complexity index is 210. The highest BCUT2D eigenvalue weighted by molar-refractivity contribution is 5.79. The van der Waals surface area contributed by atoms with Crippen LogP contribution in [0.15, 0.2) is 0 Å². The molecule has 2 saturated heterocycles. The van der Waals surface area contributed by atoms with Crippen LogP contribution < -0.4 is 0 Å². The summed E-state index contributed by atoms with van der Waals surface area (Å²) in [5.41, 5.74) is 0.392. The Labute approximate surface area is 67.6 Å². The molecule has 0 aromatic heterocycles. The number of rotatable bonds is 0. The lowest BCUT2D eigenvalue weighted by Crippen LogP contribution is -2.64. The van der Waals surface area contributed by atoms with Crippen molar-refractivity contribution in [2.75, 3.05) is 7.05 Å². The van der Waals surface area contributed by atoms with E-state index in [9.17, 15) is 4.79 Å². The highest BCUT2D eigenvalue weighted by Gasteiger charge is 2.55. The van der Waals surface area contributed by atoms with Crippen LogP contribution in [0.2, 0.25) is 0 Å². The van der Waals surface area contributed by atoms with E-state index in [0.717, 1.165) is 6.42 Å². The van der Waals surface area contributed by atoms with E-state index in [2.05, 4.69) is 13.8 Å². The number of nitrogens with zero attached hydrogens (tertiary/aromatic N) is 1. The van der Waals surface area contributed by atoms with Gasteiger partial charge in [-0.2, -0.15) is 0 Å². The average molecular weight is 153 g/mol. The van der Waals surface area contributed by atoms with Crippen molar-refractivity contribution >= 4 is 5.91 Å². The molecule has 2 nitrogen and oxygen atoms in total. The molecule has 0 radical (unpaired) electrons. The first-order chi connectivity index (χ1) is 5.03. The molecule has 2 unspecified atom stereocenters. The summed E-state index contributed by atoms with van der Waals surface area (Å²) >= 11 is 0. The zero-order chi connectivity index (χ0) is 8.22. The summed E-state index contributed by atoms with van der Waals surface area (Å²) in [6.07, 6.45) is 2.01. The van der Waals surface area contributed by atoms with E-state index in [4.69, 9.17) is 0 Å². The molecular weight excluding hydrogens is 138 g/mol. The van der Waals surface area contributed by atoms with E-state index in [-0.39, 0.29) is 0 Å². The molecule has 2 bridgehead atoms.